The van der Waals surface area contributed by atoms with Gasteiger partial charge in [-0.3, -0.25) is 0 Å². The lowest BCUT2D eigenvalue weighted by Crippen LogP contribution is -2.24. The van der Waals surface area contributed by atoms with Crippen LogP contribution in [0.5, 0.6) is 5.75 Å². The van der Waals surface area contributed by atoms with E-state index >= 15 is 0 Å². The molecule has 15 heavy (non-hydrogen) atoms. The van der Waals surface area contributed by atoms with Crippen molar-refractivity contribution in [2.24, 2.45) is 5.73 Å². The summed E-state index contributed by atoms with van der Waals surface area (Å²) in [5.74, 6) is 0.422. The molecular weight excluding hydrogens is 206 g/mol. The highest BCUT2D eigenvalue weighted by molar-refractivity contribution is 7.17. The number of benzene rings is 1. The Morgan fingerprint density at radius 1 is 1.33 bits per heavy atom. The minimum absolute atomic E-state index is 0.0405. The first-order valence-corrected chi connectivity index (χ1v) is 6.03. The first-order chi connectivity index (χ1) is 7.18. The predicted molar refractivity (Wildman–Crippen MR) is 63.3 cm³/mol. The maximum Gasteiger partial charge on any atom is 0.127 e. The average molecular weight is 219 g/mol. The van der Waals surface area contributed by atoms with E-state index in [1.54, 1.807) is 11.3 Å². The molecule has 0 bridgehead atoms. The van der Waals surface area contributed by atoms with Crippen molar-refractivity contribution in [2.45, 2.75) is 24.8 Å². The molecule has 1 heterocycles. The standard InChI is InChI=1S/C12H13NOS/c13-12(4-5-12)7-8-1-2-10-9(11(8)14)3-6-15-10/h1-3,6,14H,4-5,7,13H2. The smallest absolute Gasteiger partial charge is 0.127 e. The Morgan fingerprint density at radius 2 is 2.13 bits per heavy atom. The Labute approximate surface area is 92.3 Å². The van der Waals surface area contributed by atoms with Crippen molar-refractivity contribution in [1.29, 1.82) is 0 Å². The summed E-state index contributed by atoms with van der Waals surface area (Å²) in [6.45, 7) is 0. The van der Waals surface area contributed by atoms with Crippen LogP contribution in [0.15, 0.2) is 23.6 Å². The lowest BCUT2D eigenvalue weighted by molar-refractivity contribution is 0.470. The van der Waals surface area contributed by atoms with E-state index in [2.05, 4.69) is 6.07 Å². The van der Waals surface area contributed by atoms with Crippen molar-refractivity contribution in [3.63, 3.8) is 0 Å². The van der Waals surface area contributed by atoms with Crippen molar-refractivity contribution in [1.82, 2.24) is 0 Å². The lowest BCUT2D eigenvalue weighted by atomic mass is 10.0. The molecule has 1 aliphatic carbocycles. The second-order valence-corrected chi connectivity index (χ2v) is 5.39. The third kappa shape index (κ3) is 1.52. The maximum atomic E-state index is 10.1. The molecule has 0 saturated heterocycles. The number of phenolic OH excluding ortho intramolecular Hbond substituents is 1. The van der Waals surface area contributed by atoms with E-state index in [-0.39, 0.29) is 5.54 Å². The normalized spacial score (nSPS) is 18.2. The molecular formula is C12H13NOS. The van der Waals surface area contributed by atoms with Gasteiger partial charge in [-0.2, -0.15) is 0 Å². The monoisotopic (exact) mass is 219 g/mol. The van der Waals surface area contributed by atoms with E-state index in [0.717, 1.165) is 34.9 Å². The van der Waals surface area contributed by atoms with Crippen molar-refractivity contribution in [2.75, 3.05) is 0 Å². The molecule has 1 aromatic heterocycles. The number of hydrogen-bond acceptors (Lipinski definition) is 3. The van der Waals surface area contributed by atoms with Gasteiger partial charge in [0.1, 0.15) is 5.75 Å². The van der Waals surface area contributed by atoms with E-state index in [0.29, 0.717) is 5.75 Å². The highest BCUT2D eigenvalue weighted by Crippen LogP contribution is 2.40. The topological polar surface area (TPSA) is 46.2 Å². The van der Waals surface area contributed by atoms with Crippen LogP contribution in [0.3, 0.4) is 0 Å². The predicted octanol–water partition coefficient (Wildman–Crippen LogP) is 2.64. The third-order valence-electron chi connectivity index (χ3n) is 3.13. The minimum Gasteiger partial charge on any atom is -0.507 e. The second-order valence-electron chi connectivity index (χ2n) is 4.44. The summed E-state index contributed by atoms with van der Waals surface area (Å²) in [6, 6.07) is 6.04. The van der Waals surface area contributed by atoms with E-state index in [4.69, 9.17) is 5.73 Å². The third-order valence-corrected chi connectivity index (χ3v) is 4.01. The summed E-state index contributed by atoms with van der Waals surface area (Å²) in [5, 5.41) is 13.0. The van der Waals surface area contributed by atoms with Crippen molar-refractivity contribution in [3.05, 3.63) is 29.1 Å². The highest BCUT2D eigenvalue weighted by atomic mass is 32.1. The van der Waals surface area contributed by atoms with Crippen LogP contribution >= 0.6 is 11.3 Å². The molecule has 1 fully saturated rings. The van der Waals surface area contributed by atoms with Crippen LogP contribution < -0.4 is 5.73 Å². The van der Waals surface area contributed by atoms with Crippen molar-refractivity contribution in [3.8, 4) is 5.75 Å². The summed E-state index contributed by atoms with van der Waals surface area (Å²) < 4.78 is 1.14. The largest absolute Gasteiger partial charge is 0.507 e. The Kier molecular flexibility index (Phi) is 1.82. The molecule has 1 saturated carbocycles. The number of aromatic hydroxyl groups is 1. The Hall–Kier alpha value is -1.06. The SMILES string of the molecule is NC1(Cc2ccc3sccc3c2O)CC1. The molecule has 0 spiro atoms. The Bertz CT molecular complexity index is 513. The molecule has 2 aromatic rings. The number of thiophene rings is 1. The molecule has 0 radical (unpaired) electrons. The zero-order valence-corrected chi connectivity index (χ0v) is 9.18. The maximum absolute atomic E-state index is 10.1. The highest BCUT2D eigenvalue weighted by Gasteiger charge is 2.38. The van der Waals surface area contributed by atoms with E-state index in [9.17, 15) is 5.11 Å². The van der Waals surface area contributed by atoms with Gasteiger partial charge in [0.25, 0.3) is 0 Å². The van der Waals surface area contributed by atoms with Gasteiger partial charge in [0.2, 0.25) is 0 Å². The van der Waals surface area contributed by atoms with E-state index in [1.807, 2.05) is 17.5 Å². The fraction of sp³-hybridized carbons (Fsp3) is 0.333. The van der Waals surface area contributed by atoms with Gasteiger partial charge in [0.15, 0.2) is 0 Å². The molecule has 2 nitrogen and oxygen atoms in total. The Balaban J connectivity index is 2.06. The first-order valence-electron chi connectivity index (χ1n) is 5.15. The lowest BCUT2D eigenvalue weighted by Gasteiger charge is -2.10. The fourth-order valence-electron chi connectivity index (χ4n) is 1.93. The van der Waals surface area contributed by atoms with Crippen LogP contribution in [-0.4, -0.2) is 10.6 Å². The fourth-order valence-corrected chi connectivity index (χ4v) is 2.72. The van der Waals surface area contributed by atoms with Gasteiger partial charge in [-0.1, -0.05) is 6.07 Å². The summed E-state index contributed by atoms with van der Waals surface area (Å²) >= 11 is 1.65. The van der Waals surface area contributed by atoms with Crippen LogP contribution in [0.1, 0.15) is 18.4 Å². The zero-order chi connectivity index (χ0) is 10.5. The van der Waals surface area contributed by atoms with Gasteiger partial charge in [-0.05, 0) is 42.3 Å². The van der Waals surface area contributed by atoms with Gasteiger partial charge < -0.3 is 10.8 Å². The first kappa shape index (κ1) is 9.19. The second kappa shape index (κ2) is 2.97. The molecule has 78 valence electrons. The van der Waals surface area contributed by atoms with E-state index in [1.165, 1.54) is 0 Å². The van der Waals surface area contributed by atoms with Gasteiger partial charge in [0.05, 0.1) is 0 Å². The average Bonchev–Trinajstić information content (AvgIpc) is 2.78. The zero-order valence-electron chi connectivity index (χ0n) is 8.36. The molecule has 3 N–H and O–H groups in total. The van der Waals surface area contributed by atoms with Crippen LogP contribution in [0, 0.1) is 0 Å². The van der Waals surface area contributed by atoms with Gasteiger partial charge in [-0.25, -0.2) is 0 Å². The molecule has 0 aliphatic heterocycles. The van der Waals surface area contributed by atoms with Gasteiger partial charge in [-0.15, -0.1) is 11.3 Å². The number of hydrogen-bond donors (Lipinski definition) is 2. The molecule has 1 aromatic carbocycles. The van der Waals surface area contributed by atoms with Gasteiger partial charge in [0, 0.05) is 15.6 Å². The summed E-state index contributed by atoms with van der Waals surface area (Å²) in [5.41, 5.74) is 7.00. The molecule has 0 amide bonds. The summed E-state index contributed by atoms with van der Waals surface area (Å²) in [7, 11) is 0. The van der Waals surface area contributed by atoms with Crippen LogP contribution in [0.2, 0.25) is 0 Å². The number of rotatable bonds is 2. The number of phenols is 1. The van der Waals surface area contributed by atoms with Crippen LogP contribution in [-0.2, 0) is 6.42 Å². The van der Waals surface area contributed by atoms with E-state index < -0.39 is 0 Å². The molecule has 0 unspecified atom stereocenters. The molecule has 3 heteroatoms. The van der Waals surface area contributed by atoms with Crippen molar-refractivity contribution >= 4 is 21.4 Å². The molecule has 0 atom stereocenters. The number of nitrogens with two attached hydrogens (primary N) is 1. The van der Waals surface area contributed by atoms with Crippen molar-refractivity contribution < 1.29 is 5.11 Å². The number of fused-ring (bicyclic) bond motifs is 1. The van der Waals surface area contributed by atoms with Crippen LogP contribution in [0.4, 0.5) is 0 Å². The van der Waals surface area contributed by atoms with Crippen LogP contribution in [0.25, 0.3) is 10.1 Å². The summed E-state index contributed by atoms with van der Waals surface area (Å²) in [6.07, 6.45) is 2.95. The molecule has 1 aliphatic rings. The van der Waals surface area contributed by atoms with Gasteiger partial charge >= 0.3 is 0 Å². The minimum atomic E-state index is -0.0405. The summed E-state index contributed by atoms with van der Waals surface area (Å²) in [4.78, 5) is 0. The Morgan fingerprint density at radius 3 is 2.87 bits per heavy atom. The quantitative estimate of drug-likeness (QED) is 0.815. The molecule has 3 rings (SSSR count).